The molecule has 1 aliphatic heterocycles. The number of amides is 2. The standard InChI is InChI=1S/C14H13N3O2S/c1-3-7-17-13(19)10(12(18)16-14(17)20)8-11-9(2)5-4-6-15-11/h3-6,8H,1,7H2,2H3,(H,16,18,20)/b10-8+. The summed E-state index contributed by atoms with van der Waals surface area (Å²) in [4.78, 5) is 29.6. The number of thiocarbonyl (C=S) groups is 1. The van der Waals surface area contributed by atoms with Gasteiger partial charge in [0.05, 0.1) is 5.69 Å². The molecule has 1 N–H and O–H groups in total. The molecule has 2 rings (SSSR count). The molecule has 2 heterocycles. The highest BCUT2D eigenvalue weighted by molar-refractivity contribution is 7.80. The summed E-state index contributed by atoms with van der Waals surface area (Å²) in [6.07, 6.45) is 4.63. The minimum atomic E-state index is -0.509. The van der Waals surface area contributed by atoms with Crippen molar-refractivity contribution in [3.8, 4) is 0 Å². The van der Waals surface area contributed by atoms with Crippen LogP contribution < -0.4 is 5.32 Å². The van der Waals surface area contributed by atoms with Crippen LogP contribution >= 0.6 is 12.2 Å². The molecule has 0 bridgehead atoms. The predicted molar refractivity (Wildman–Crippen MR) is 79.6 cm³/mol. The van der Waals surface area contributed by atoms with Crippen molar-refractivity contribution in [2.75, 3.05) is 6.54 Å². The highest BCUT2D eigenvalue weighted by Gasteiger charge is 2.32. The van der Waals surface area contributed by atoms with Gasteiger partial charge in [0.1, 0.15) is 5.57 Å². The minimum absolute atomic E-state index is 0.0160. The first-order chi connectivity index (χ1) is 9.54. The molecule has 2 amide bonds. The second-order valence-corrected chi connectivity index (χ2v) is 4.61. The van der Waals surface area contributed by atoms with Crippen LogP contribution in [-0.2, 0) is 9.59 Å². The number of hydrogen-bond donors (Lipinski definition) is 1. The minimum Gasteiger partial charge on any atom is -0.298 e. The lowest BCUT2D eigenvalue weighted by Gasteiger charge is -2.27. The molecule has 0 spiro atoms. The molecular weight excluding hydrogens is 274 g/mol. The van der Waals surface area contributed by atoms with Crippen molar-refractivity contribution in [2.24, 2.45) is 0 Å². The van der Waals surface area contributed by atoms with Gasteiger partial charge in [0.25, 0.3) is 11.8 Å². The number of hydrogen-bond acceptors (Lipinski definition) is 4. The molecule has 0 aliphatic carbocycles. The molecule has 1 aliphatic rings. The molecular formula is C14H13N3O2S. The van der Waals surface area contributed by atoms with Crippen molar-refractivity contribution in [2.45, 2.75) is 6.92 Å². The van der Waals surface area contributed by atoms with Gasteiger partial charge >= 0.3 is 0 Å². The molecule has 0 radical (unpaired) electrons. The Hall–Kier alpha value is -2.34. The lowest BCUT2D eigenvalue weighted by molar-refractivity contribution is -0.128. The summed E-state index contributed by atoms with van der Waals surface area (Å²) in [6.45, 7) is 5.67. The quantitative estimate of drug-likeness (QED) is 0.393. The molecule has 102 valence electrons. The predicted octanol–water partition coefficient (Wildman–Crippen LogP) is 1.20. The van der Waals surface area contributed by atoms with Crippen LogP contribution in [0.1, 0.15) is 11.3 Å². The molecule has 0 unspecified atom stereocenters. The van der Waals surface area contributed by atoms with Gasteiger partial charge in [0.15, 0.2) is 5.11 Å². The van der Waals surface area contributed by atoms with Crippen LogP contribution in [0.3, 0.4) is 0 Å². The van der Waals surface area contributed by atoms with Gasteiger partial charge < -0.3 is 0 Å². The van der Waals surface area contributed by atoms with Crippen molar-refractivity contribution in [1.82, 2.24) is 15.2 Å². The maximum atomic E-state index is 12.3. The van der Waals surface area contributed by atoms with E-state index in [1.807, 2.05) is 13.0 Å². The van der Waals surface area contributed by atoms with Crippen LogP contribution in [0.15, 0.2) is 36.6 Å². The highest BCUT2D eigenvalue weighted by atomic mass is 32.1. The number of aromatic nitrogens is 1. The van der Waals surface area contributed by atoms with E-state index in [0.717, 1.165) is 5.56 Å². The molecule has 0 atom stereocenters. The van der Waals surface area contributed by atoms with E-state index in [2.05, 4.69) is 16.9 Å². The fourth-order valence-corrected chi connectivity index (χ4v) is 2.02. The molecule has 5 nitrogen and oxygen atoms in total. The average molecular weight is 287 g/mol. The Labute approximate surface area is 122 Å². The van der Waals surface area contributed by atoms with Crippen LogP contribution in [0.4, 0.5) is 0 Å². The summed E-state index contributed by atoms with van der Waals surface area (Å²) in [5, 5.41) is 2.58. The third-order valence-corrected chi connectivity index (χ3v) is 3.15. The van der Waals surface area contributed by atoms with Gasteiger partial charge in [-0.1, -0.05) is 12.1 Å². The van der Waals surface area contributed by atoms with E-state index in [9.17, 15) is 9.59 Å². The van der Waals surface area contributed by atoms with E-state index in [1.54, 1.807) is 18.3 Å². The van der Waals surface area contributed by atoms with Crippen LogP contribution in [0.2, 0.25) is 0 Å². The Bertz CT molecular complexity index is 637. The molecule has 0 saturated carbocycles. The van der Waals surface area contributed by atoms with Crippen molar-refractivity contribution in [3.63, 3.8) is 0 Å². The topological polar surface area (TPSA) is 62.3 Å². The zero-order valence-electron chi connectivity index (χ0n) is 10.9. The summed E-state index contributed by atoms with van der Waals surface area (Å²) in [5.41, 5.74) is 1.48. The van der Waals surface area contributed by atoms with Gasteiger partial charge in [-0.2, -0.15) is 0 Å². The maximum Gasteiger partial charge on any atom is 0.266 e. The summed E-state index contributed by atoms with van der Waals surface area (Å²) >= 11 is 4.97. The van der Waals surface area contributed by atoms with E-state index in [1.165, 1.54) is 11.0 Å². The molecule has 1 aromatic heterocycles. The van der Waals surface area contributed by atoms with E-state index in [-0.39, 0.29) is 17.2 Å². The zero-order valence-corrected chi connectivity index (χ0v) is 11.7. The van der Waals surface area contributed by atoms with Crippen LogP contribution in [0.25, 0.3) is 6.08 Å². The summed E-state index contributed by atoms with van der Waals surface area (Å²) in [5.74, 6) is -0.950. The van der Waals surface area contributed by atoms with Gasteiger partial charge in [-0.3, -0.25) is 24.8 Å². The van der Waals surface area contributed by atoms with E-state index < -0.39 is 11.8 Å². The molecule has 1 saturated heterocycles. The Morgan fingerprint density at radius 1 is 1.50 bits per heavy atom. The molecule has 1 fully saturated rings. The number of carbonyl (C=O) groups is 2. The Balaban J connectivity index is 2.42. The highest BCUT2D eigenvalue weighted by Crippen LogP contribution is 2.15. The second-order valence-electron chi connectivity index (χ2n) is 4.23. The van der Waals surface area contributed by atoms with E-state index in [4.69, 9.17) is 12.2 Å². The van der Waals surface area contributed by atoms with E-state index >= 15 is 0 Å². The average Bonchev–Trinajstić information content (AvgIpc) is 2.41. The van der Waals surface area contributed by atoms with Gasteiger partial charge in [-0.15, -0.1) is 6.58 Å². The lowest BCUT2D eigenvalue weighted by Crippen LogP contribution is -2.53. The molecule has 0 aromatic carbocycles. The van der Waals surface area contributed by atoms with Crippen LogP contribution in [-0.4, -0.2) is 33.4 Å². The van der Waals surface area contributed by atoms with Crippen molar-refractivity contribution in [1.29, 1.82) is 0 Å². The fraction of sp³-hybridized carbons (Fsp3) is 0.143. The summed E-state index contributed by atoms with van der Waals surface area (Å²) in [7, 11) is 0. The summed E-state index contributed by atoms with van der Waals surface area (Å²) in [6, 6.07) is 3.65. The Morgan fingerprint density at radius 3 is 2.90 bits per heavy atom. The van der Waals surface area contributed by atoms with Crippen LogP contribution in [0.5, 0.6) is 0 Å². The SMILES string of the molecule is C=CCN1C(=O)/C(=C/c2ncccc2C)C(=O)NC1=S. The van der Waals surface area contributed by atoms with E-state index in [0.29, 0.717) is 5.69 Å². The number of carbonyl (C=O) groups excluding carboxylic acids is 2. The number of pyridine rings is 1. The first-order valence-corrected chi connectivity index (χ1v) is 6.37. The molecule has 6 heteroatoms. The van der Waals surface area contributed by atoms with Crippen LogP contribution in [0, 0.1) is 6.92 Å². The third kappa shape index (κ3) is 2.65. The second kappa shape index (κ2) is 5.75. The van der Waals surface area contributed by atoms with Gasteiger partial charge in [0.2, 0.25) is 0 Å². The lowest BCUT2D eigenvalue weighted by atomic mass is 10.1. The third-order valence-electron chi connectivity index (χ3n) is 2.83. The van der Waals surface area contributed by atoms with Gasteiger partial charge in [-0.05, 0) is 36.8 Å². The first kappa shape index (κ1) is 14.1. The Morgan fingerprint density at radius 2 is 2.25 bits per heavy atom. The molecule has 1 aromatic rings. The first-order valence-electron chi connectivity index (χ1n) is 5.96. The maximum absolute atomic E-state index is 12.3. The number of aryl methyl sites for hydroxylation is 1. The van der Waals surface area contributed by atoms with Crippen molar-refractivity contribution in [3.05, 3.63) is 47.8 Å². The largest absolute Gasteiger partial charge is 0.298 e. The number of rotatable bonds is 3. The number of nitrogens with zero attached hydrogens (tertiary/aromatic N) is 2. The normalized spacial score (nSPS) is 17.4. The van der Waals surface area contributed by atoms with Gasteiger partial charge in [-0.25, -0.2) is 0 Å². The van der Waals surface area contributed by atoms with Crippen molar-refractivity contribution >= 4 is 35.2 Å². The van der Waals surface area contributed by atoms with Gasteiger partial charge in [0, 0.05) is 12.7 Å². The monoisotopic (exact) mass is 287 g/mol. The zero-order chi connectivity index (χ0) is 14.7. The van der Waals surface area contributed by atoms with Crippen molar-refractivity contribution < 1.29 is 9.59 Å². The number of nitrogens with one attached hydrogen (secondary N) is 1. The fourth-order valence-electron chi connectivity index (χ4n) is 1.77. The Kier molecular flexibility index (Phi) is 4.05. The molecule has 20 heavy (non-hydrogen) atoms. The smallest absolute Gasteiger partial charge is 0.266 e. The summed E-state index contributed by atoms with van der Waals surface area (Å²) < 4.78 is 0.